The molecule has 2 aromatic carbocycles. The Hall–Kier alpha value is -1.94. The molecule has 2 aliphatic heterocycles. The number of fused-ring (bicyclic) bond motifs is 1. The van der Waals surface area contributed by atoms with E-state index in [-0.39, 0.29) is 0 Å². The van der Waals surface area contributed by atoms with Gasteiger partial charge in [0.15, 0.2) is 0 Å². The minimum absolute atomic E-state index is 0.500. The van der Waals surface area contributed by atoms with Crippen LogP contribution in [0.25, 0.3) is 0 Å². The van der Waals surface area contributed by atoms with Crippen molar-refractivity contribution in [2.45, 2.75) is 109 Å². The zero-order valence-corrected chi connectivity index (χ0v) is 24.7. The number of hydrogen-bond donors (Lipinski definition) is 0. The zero-order valence-electron chi connectivity index (χ0n) is 24.7. The summed E-state index contributed by atoms with van der Waals surface area (Å²) in [7, 11) is 0. The predicted molar refractivity (Wildman–Crippen MR) is 166 cm³/mol. The zero-order chi connectivity index (χ0) is 27.3. The van der Waals surface area contributed by atoms with Crippen LogP contribution in [0.5, 0.6) is 0 Å². The van der Waals surface area contributed by atoms with Crippen LogP contribution in [0.3, 0.4) is 0 Å². The van der Waals surface area contributed by atoms with Crippen LogP contribution in [0, 0.1) is 0 Å². The van der Waals surface area contributed by atoms with E-state index in [1.165, 1.54) is 103 Å². The standard InChI is InChI=1S/C9H10.C6H12.C6H10.C6H6.C5H10O.C4H8O2/c1-2-5-9-7-3-6-8(9)4-1;4*1-2-4-6-5-3-1;1-2-5-4-6-3-1/h1-2,4-5H,3,6-7H2;1-6H2;1-2H,3-6H2;1-6H;1-5H2;1-4H2. The highest BCUT2D eigenvalue weighted by Gasteiger charge is 2.07. The van der Waals surface area contributed by atoms with Crippen molar-refractivity contribution in [3.8, 4) is 0 Å². The van der Waals surface area contributed by atoms with Gasteiger partial charge in [-0.3, -0.25) is 0 Å². The summed E-state index contributed by atoms with van der Waals surface area (Å²) < 4.78 is 14.8. The highest BCUT2D eigenvalue weighted by atomic mass is 16.7. The van der Waals surface area contributed by atoms with E-state index in [1.54, 1.807) is 11.1 Å². The molecular weight excluding hydrogens is 480 g/mol. The van der Waals surface area contributed by atoms with Gasteiger partial charge in [-0.05, 0) is 81.8 Å². The SMILES string of the molecule is C1=CCCCC1.C1CCCCC1.C1CCOCC1.C1COCOC1.c1ccc2c(c1)CCC2.c1ccccc1. The molecule has 3 heteroatoms. The summed E-state index contributed by atoms with van der Waals surface area (Å²) in [5.74, 6) is 0. The summed E-state index contributed by atoms with van der Waals surface area (Å²) in [4.78, 5) is 0. The van der Waals surface area contributed by atoms with E-state index < -0.39 is 0 Å². The van der Waals surface area contributed by atoms with Gasteiger partial charge < -0.3 is 14.2 Å². The van der Waals surface area contributed by atoms with Crippen LogP contribution in [0.4, 0.5) is 0 Å². The first-order chi connectivity index (χ1) is 19.5. The average Bonchev–Trinajstić information content (AvgIpc) is 3.56. The van der Waals surface area contributed by atoms with E-state index in [9.17, 15) is 0 Å². The number of hydrogen-bond acceptors (Lipinski definition) is 3. The lowest BCUT2D eigenvalue weighted by Gasteiger charge is -2.09. The molecule has 0 bridgehead atoms. The Balaban J connectivity index is 0.000000166. The van der Waals surface area contributed by atoms with Crippen molar-refractivity contribution in [2.24, 2.45) is 0 Å². The Bertz CT molecular complexity index is 656. The fraction of sp³-hybridized carbons (Fsp3) is 0.611. The van der Waals surface area contributed by atoms with Crippen LogP contribution in [0.15, 0.2) is 72.8 Å². The highest BCUT2D eigenvalue weighted by molar-refractivity contribution is 5.30. The van der Waals surface area contributed by atoms with Crippen LogP contribution < -0.4 is 0 Å². The van der Waals surface area contributed by atoms with Crippen molar-refractivity contribution in [3.63, 3.8) is 0 Å². The average molecular weight is 537 g/mol. The van der Waals surface area contributed by atoms with Crippen molar-refractivity contribution in [2.75, 3.05) is 33.2 Å². The maximum Gasteiger partial charge on any atom is 0.146 e. The Morgan fingerprint density at radius 1 is 0.359 bits per heavy atom. The molecule has 0 N–H and O–H groups in total. The van der Waals surface area contributed by atoms with Gasteiger partial charge in [-0.25, -0.2) is 0 Å². The number of benzene rings is 2. The van der Waals surface area contributed by atoms with Crippen LogP contribution >= 0.6 is 0 Å². The lowest BCUT2D eigenvalue weighted by molar-refractivity contribution is -0.0963. The molecule has 2 aromatic rings. The van der Waals surface area contributed by atoms with E-state index >= 15 is 0 Å². The van der Waals surface area contributed by atoms with Gasteiger partial charge in [0.05, 0.1) is 13.2 Å². The molecule has 7 rings (SSSR count). The van der Waals surface area contributed by atoms with E-state index in [2.05, 4.69) is 36.4 Å². The lowest BCUT2D eigenvalue weighted by atomic mass is 10.0. The van der Waals surface area contributed by atoms with Crippen molar-refractivity contribution < 1.29 is 14.2 Å². The van der Waals surface area contributed by atoms with Gasteiger partial charge in [-0.2, -0.15) is 0 Å². The molecule has 0 atom stereocenters. The molecule has 1 saturated carbocycles. The smallest absolute Gasteiger partial charge is 0.146 e. The number of ether oxygens (including phenoxy) is 3. The molecule has 3 nitrogen and oxygen atoms in total. The topological polar surface area (TPSA) is 27.7 Å². The Labute approximate surface area is 240 Å². The molecule has 0 spiro atoms. The van der Waals surface area contributed by atoms with Crippen molar-refractivity contribution in [1.82, 2.24) is 0 Å². The van der Waals surface area contributed by atoms with E-state index in [0.29, 0.717) is 6.79 Å². The molecule has 3 fully saturated rings. The minimum atomic E-state index is 0.500. The first-order valence-electron chi connectivity index (χ1n) is 15.9. The molecule has 39 heavy (non-hydrogen) atoms. The second kappa shape index (κ2) is 26.3. The van der Waals surface area contributed by atoms with Gasteiger partial charge in [0.1, 0.15) is 6.79 Å². The normalized spacial score (nSPS) is 19.2. The van der Waals surface area contributed by atoms with Gasteiger partial charge in [0.25, 0.3) is 0 Å². The Kier molecular flexibility index (Phi) is 22.4. The number of aryl methyl sites for hydroxylation is 2. The first-order valence-corrected chi connectivity index (χ1v) is 15.9. The third-order valence-corrected chi connectivity index (χ3v) is 7.16. The van der Waals surface area contributed by atoms with Crippen molar-refractivity contribution >= 4 is 0 Å². The van der Waals surface area contributed by atoms with E-state index in [1.807, 2.05) is 36.4 Å². The van der Waals surface area contributed by atoms with Crippen LogP contribution in [-0.4, -0.2) is 33.2 Å². The molecule has 0 aromatic heterocycles. The highest BCUT2D eigenvalue weighted by Crippen LogP contribution is 2.20. The van der Waals surface area contributed by atoms with Crippen LogP contribution in [-0.2, 0) is 27.1 Å². The molecule has 0 unspecified atom stereocenters. The van der Waals surface area contributed by atoms with Gasteiger partial charge in [0.2, 0.25) is 0 Å². The maximum atomic E-state index is 5.07. The lowest BCUT2D eigenvalue weighted by Crippen LogP contribution is -2.11. The van der Waals surface area contributed by atoms with E-state index in [4.69, 9.17) is 14.2 Å². The fourth-order valence-electron chi connectivity index (χ4n) is 4.85. The summed E-state index contributed by atoms with van der Waals surface area (Å²) in [6, 6.07) is 20.7. The predicted octanol–water partition coefficient (Wildman–Crippen LogP) is 9.89. The summed E-state index contributed by atoms with van der Waals surface area (Å²) in [5, 5.41) is 0. The van der Waals surface area contributed by atoms with Gasteiger partial charge in [0, 0.05) is 13.2 Å². The molecule has 2 saturated heterocycles. The molecule has 0 radical (unpaired) electrons. The van der Waals surface area contributed by atoms with Gasteiger partial charge >= 0.3 is 0 Å². The Morgan fingerprint density at radius 3 is 1.03 bits per heavy atom. The first kappa shape index (κ1) is 33.3. The maximum absolute atomic E-state index is 5.07. The summed E-state index contributed by atoms with van der Waals surface area (Å²) in [5.41, 5.74) is 3.13. The number of allylic oxidation sites excluding steroid dienone is 2. The molecule has 5 aliphatic rings. The summed E-state index contributed by atoms with van der Waals surface area (Å²) >= 11 is 0. The molecule has 3 aliphatic carbocycles. The quantitative estimate of drug-likeness (QED) is 0.314. The Morgan fingerprint density at radius 2 is 0.769 bits per heavy atom. The third-order valence-electron chi connectivity index (χ3n) is 7.16. The van der Waals surface area contributed by atoms with Crippen LogP contribution in [0.1, 0.15) is 107 Å². The van der Waals surface area contributed by atoms with Crippen molar-refractivity contribution in [3.05, 3.63) is 83.9 Å². The fourth-order valence-corrected chi connectivity index (χ4v) is 4.85. The van der Waals surface area contributed by atoms with E-state index in [0.717, 1.165) is 32.8 Å². The molecule has 218 valence electrons. The second-order valence-corrected chi connectivity index (χ2v) is 10.6. The molecule has 2 heterocycles. The molecular formula is C36H56O3. The number of rotatable bonds is 0. The van der Waals surface area contributed by atoms with Gasteiger partial charge in [-0.15, -0.1) is 0 Å². The van der Waals surface area contributed by atoms with Crippen molar-refractivity contribution in [1.29, 1.82) is 0 Å². The summed E-state index contributed by atoms with van der Waals surface area (Å²) in [6.07, 6.45) is 28.0. The minimum Gasteiger partial charge on any atom is -0.381 e. The van der Waals surface area contributed by atoms with Gasteiger partial charge in [-0.1, -0.05) is 111 Å². The summed E-state index contributed by atoms with van der Waals surface area (Å²) in [6.45, 7) is 4.25. The third kappa shape index (κ3) is 20.6. The van der Waals surface area contributed by atoms with Crippen LogP contribution in [0.2, 0.25) is 0 Å². The molecule has 0 amide bonds. The second-order valence-electron chi connectivity index (χ2n) is 10.6. The largest absolute Gasteiger partial charge is 0.381 e. The monoisotopic (exact) mass is 536 g/mol.